The summed E-state index contributed by atoms with van der Waals surface area (Å²) >= 11 is 0. The molecule has 6 heteroatoms. The Balaban J connectivity index is 3.10. The molecule has 17 heavy (non-hydrogen) atoms. The zero-order valence-corrected chi connectivity index (χ0v) is 10.8. The van der Waals surface area contributed by atoms with E-state index in [2.05, 4.69) is 0 Å². The average molecular weight is 250 g/mol. The van der Waals surface area contributed by atoms with E-state index in [1.807, 2.05) is 0 Å². The van der Waals surface area contributed by atoms with Gasteiger partial charge in [-0.05, 0) is 6.92 Å². The van der Waals surface area contributed by atoms with Gasteiger partial charge in [-0.25, -0.2) is 0 Å². The molecule has 0 saturated carbocycles. The van der Waals surface area contributed by atoms with Crippen molar-refractivity contribution in [3.05, 3.63) is 0 Å². The Hall–Kier alpha value is -0.690. The summed E-state index contributed by atoms with van der Waals surface area (Å²) in [7, 11) is 1.63. The van der Waals surface area contributed by atoms with Gasteiger partial charge in [0.2, 0.25) is 0 Å². The molecule has 102 valence electrons. The van der Waals surface area contributed by atoms with E-state index in [1.165, 1.54) is 6.92 Å². The third-order valence-corrected chi connectivity index (χ3v) is 1.72. The number of methoxy groups -OCH3 is 1. The summed E-state index contributed by atoms with van der Waals surface area (Å²) in [6.07, 6.45) is -0.533. The topological polar surface area (TPSA) is 63.2 Å². The SMILES string of the molecule is COCCOCCOCCOC(C)OC(C)=O. The number of rotatable bonds is 11. The predicted molar refractivity (Wildman–Crippen MR) is 60.7 cm³/mol. The Labute approximate surface area is 102 Å². The second-order valence-electron chi connectivity index (χ2n) is 3.27. The van der Waals surface area contributed by atoms with Crippen LogP contribution in [0.5, 0.6) is 0 Å². The Morgan fingerprint density at radius 1 is 1.00 bits per heavy atom. The maximum Gasteiger partial charge on any atom is 0.304 e. The second kappa shape index (κ2) is 11.8. The normalized spacial score (nSPS) is 12.4. The molecule has 0 saturated heterocycles. The Bertz CT molecular complexity index is 185. The third kappa shape index (κ3) is 13.2. The van der Waals surface area contributed by atoms with Gasteiger partial charge in [-0.3, -0.25) is 4.79 Å². The summed E-state index contributed by atoms with van der Waals surface area (Å²) in [5.41, 5.74) is 0. The number of carbonyl (C=O) groups excluding carboxylic acids is 1. The van der Waals surface area contributed by atoms with Gasteiger partial charge in [0, 0.05) is 14.0 Å². The van der Waals surface area contributed by atoms with Crippen molar-refractivity contribution >= 4 is 5.97 Å². The van der Waals surface area contributed by atoms with E-state index in [9.17, 15) is 4.79 Å². The van der Waals surface area contributed by atoms with Crippen molar-refractivity contribution in [1.82, 2.24) is 0 Å². The van der Waals surface area contributed by atoms with Crippen LogP contribution in [0.4, 0.5) is 0 Å². The van der Waals surface area contributed by atoms with Gasteiger partial charge in [0.25, 0.3) is 0 Å². The summed E-state index contributed by atoms with van der Waals surface area (Å²) in [6, 6.07) is 0. The van der Waals surface area contributed by atoms with E-state index >= 15 is 0 Å². The second-order valence-corrected chi connectivity index (χ2v) is 3.27. The minimum atomic E-state index is -0.533. The van der Waals surface area contributed by atoms with Gasteiger partial charge in [-0.2, -0.15) is 0 Å². The molecule has 0 heterocycles. The van der Waals surface area contributed by atoms with E-state index in [-0.39, 0.29) is 5.97 Å². The van der Waals surface area contributed by atoms with Crippen molar-refractivity contribution in [1.29, 1.82) is 0 Å². The Kier molecular flexibility index (Phi) is 11.3. The van der Waals surface area contributed by atoms with Crippen molar-refractivity contribution < 1.29 is 28.5 Å². The largest absolute Gasteiger partial charge is 0.436 e. The molecule has 0 radical (unpaired) electrons. The van der Waals surface area contributed by atoms with Crippen LogP contribution in [-0.4, -0.2) is 59.0 Å². The molecule has 0 aromatic heterocycles. The lowest BCUT2D eigenvalue weighted by Gasteiger charge is -2.12. The van der Waals surface area contributed by atoms with Crippen molar-refractivity contribution in [2.24, 2.45) is 0 Å². The smallest absolute Gasteiger partial charge is 0.304 e. The van der Waals surface area contributed by atoms with Gasteiger partial charge in [0.15, 0.2) is 6.29 Å². The Morgan fingerprint density at radius 2 is 1.53 bits per heavy atom. The lowest BCUT2D eigenvalue weighted by atomic mass is 10.6. The predicted octanol–water partition coefficient (Wildman–Crippen LogP) is 0.592. The van der Waals surface area contributed by atoms with E-state index < -0.39 is 6.29 Å². The number of ether oxygens (including phenoxy) is 5. The van der Waals surface area contributed by atoms with Crippen LogP contribution in [0.2, 0.25) is 0 Å². The fourth-order valence-electron chi connectivity index (χ4n) is 1.00. The van der Waals surface area contributed by atoms with E-state index in [0.29, 0.717) is 39.6 Å². The first-order valence-electron chi connectivity index (χ1n) is 5.60. The third-order valence-electron chi connectivity index (χ3n) is 1.72. The summed E-state index contributed by atoms with van der Waals surface area (Å²) in [5.74, 6) is -0.357. The summed E-state index contributed by atoms with van der Waals surface area (Å²) in [5, 5.41) is 0. The van der Waals surface area contributed by atoms with Crippen LogP contribution in [0.1, 0.15) is 13.8 Å². The molecule has 0 aliphatic rings. The monoisotopic (exact) mass is 250 g/mol. The van der Waals surface area contributed by atoms with E-state index in [1.54, 1.807) is 14.0 Å². The van der Waals surface area contributed by atoms with Gasteiger partial charge >= 0.3 is 5.97 Å². The zero-order chi connectivity index (χ0) is 12.9. The highest BCUT2D eigenvalue weighted by molar-refractivity contribution is 5.65. The fourth-order valence-corrected chi connectivity index (χ4v) is 1.00. The van der Waals surface area contributed by atoms with Gasteiger partial charge in [-0.1, -0.05) is 0 Å². The first-order chi connectivity index (χ1) is 8.16. The van der Waals surface area contributed by atoms with Crippen molar-refractivity contribution in [2.75, 3.05) is 46.8 Å². The first kappa shape index (κ1) is 16.3. The fraction of sp³-hybridized carbons (Fsp3) is 0.909. The molecule has 0 aliphatic carbocycles. The van der Waals surface area contributed by atoms with Gasteiger partial charge < -0.3 is 23.7 Å². The summed E-state index contributed by atoms with van der Waals surface area (Å²) < 4.78 is 25.2. The summed E-state index contributed by atoms with van der Waals surface area (Å²) in [4.78, 5) is 10.6. The molecule has 0 bridgehead atoms. The highest BCUT2D eigenvalue weighted by Gasteiger charge is 2.04. The number of esters is 1. The molecule has 1 unspecified atom stereocenters. The molecule has 0 amide bonds. The lowest BCUT2D eigenvalue weighted by molar-refractivity contribution is -0.174. The molecule has 0 fully saturated rings. The van der Waals surface area contributed by atoms with Gasteiger partial charge in [0.05, 0.1) is 39.6 Å². The summed E-state index contributed by atoms with van der Waals surface area (Å²) in [6.45, 7) is 6.02. The van der Waals surface area contributed by atoms with Crippen molar-refractivity contribution in [3.63, 3.8) is 0 Å². The molecular weight excluding hydrogens is 228 g/mol. The molecular formula is C11H22O6. The molecule has 0 aromatic rings. The van der Waals surface area contributed by atoms with Crippen LogP contribution in [0.15, 0.2) is 0 Å². The van der Waals surface area contributed by atoms with Crippen LogP contribution in [0.25, 0.3) is 0 Å². The highest BCUT2D eigenvalue weighted by atomic mass is 16.7. The molecule has 1 atom stereocenters. The zero-order valence-electron chi connectivity index (χ0n) is 10.8. The minimum Gasteiger partial charge on any atom is -0.436 e. The van der Waals surface area contributed by atoms with Crippen LogP contribution in [-0.2, 0) is 28.5 Å². The maximum absolute atomic E-state index is 10.6. The van der Waals surface area contributed by atoms with Crippen molar-refractivity contribution in [3.8, 4) is 0 Å². The molecule has 0 aliphatic heterocycles. The van der Waals surface area contributed by atoms with Gasteiger partial charge in [0.1, 0.15) is 0 Å². The van der Waals surface area contributed by atoms with E-state index in [4.69, 9.17) is 23.7 Å². The van der Waals surface area contributed by atoms with Gasteiger partial charge in [-0.15, -0.1) is 0 Å². The van der Waals surface area contributed by atoms with Crippen LogP contribution in [0, 0.1) is 0 Å². The van der Waals surface area contributed by atoms with Crippen LogP contribution >= 0.6 is 0 Å². The lowest BCUT2D eigenvalue weighted by Crippen LogP contribution is -2.19. The maximum atomic E-state index is 10.6. The quantitative estimate of drug-likeness (QED) is 0.304. The minimum absolute atomic E-state index is 0.357. The molecule has 0 rings (SSSR count). The number of hydrogen-bond donors (Lipinski definition) is 0. The van der Waals surface area contributed by atoms with E-state index in [0.717, 1.165) is 0 Å². The number of hydrogen-bond acceptors (Lipinski definition) is 6. The van der Waals surface area contributed by atoms with Crippen molar-refractivity contribution in [2.45, 2.75) is 20.1 Å². The van der Waals surface area contributed by atoms with Crippen LogP contribution in [0.3, 0.4) is 0 Å². The molecule has 0 aromatic carbocycles. The first-order valence-corrected chi connectivity index (χ1v) is 5.60. The molecule has 0 spiro atoms. The standard InChI is InChI=1S/C11H22O6/c1-10(12)17-11(2)16-9-8-15-7-6-14-5-4-13-3/h11H,4-9H2,1-3H3. The Morgan fingerprint density at radius 3 is 2.06 bits per heavy atom. The number of carbonyl (C=O) groups is 1. The molecule has 6 nitrogen and oxygen atoms in total. The highest BCUT2D eigenvalue weighted by Crippen LogP contribution is 1.93. The van der Waals surface area contributed by atoms with Crippen LogP contribution < -0.4 is 0 Å². The average Bonchev–Trinajstić information content (AvgIpc) is 2.26. The molecule has 0 N–H and O–H groups in total.